The van der Waals surface area contributed by atoms with Crippen LogP contribution in [0.15, 0.2) is 0 Å². The van der Waals surface area contributed by atoms with Crippen molar-refractivity contribution in [1.29, 1.82) is 0 Å². The maximum Gasteiger partial charge on any atom is 0.223 e. The molecule has 114 valence electrons. The zero-order chi connectivity index (χ0) is 14.5. The zero-order valence-electron chi connectivity index (χ0n) is 11.9. The number of ether oxygens (including phenoxy) is 1. The van der Waals surface area contributed by atoms with Crippen LogP contribution in [0.25, 0.3) is 0 Å². The van der Waals surface area contributed by atoms with Crippen molar-refractivity contribution < 1.29 is 19.4 Å². The summed E-state index contributed by atoms with van der Waals surface area (Å²) in [6.07, 6.45) is 4.09. The molecule has 0 aromatic carbocycles. The molecule has 0 spiro atoms. The molecule has 0 aromatic heterocycles. The molecule has 0 bridgehead atoms. The highest BCUT2D eigenvalue weighted by Crippen LogP contribution is 2.28. The molecule has 2 amide bonds. The van der Waals surface area contributed by atoms with E-state index in [2.05, 4.69) is 10.6 Å². The van der Waals surface area contributed by atoms with Gasteiger partial charge in [0.2, 0.25) is 11.8 Å². The normalized spacial score (nSPS) is 29.8. The number of carbonyl (C=O) groups is 2. The third kappa shape index (κ3) is 4.45. The molecule has 1 saturated heterocycles. The Morgan fingerprint density at radius 3 is 2.60 bits per heavy atom. The van der Waals surface area contributed by atoms with Crippen molar-refractivity contribution >= 4 is 11.8 Å². The third-order valence-corrected chi connectivity index (χ3v) is 3.90. The van der Waals surface area contributed by atoms with Gasteiger partial charge < -0.3 is 20.5 Å². The standard InChI is InChI=1S/C14H24N2O4/c1-9(18)16-12-5-4-11(20-13(12)8-17)6-7-15-14(19)10-2-3-10/h10-13,17H,2-8H2,1H3,(H,15,19)(H,16,18)/t11-,12+,13-/m1/s1. The number of amides is 2. The average Bonchev–Trinajstić information content (AvgIpc) is 3.24. The first-order valence-electron chi connectivity index (χ1n) is 7.41. The summed E-state index contributed by atoms with van der Waals surface area (Å²) < 4.78 is 5.79. The highest BCUT2D eigenvalue weighted by Gasteiger charge is 2.32. The van der Waals surface area contributed by atoms with Gasteiger partial charge in [0.05, 0.1) is 18.8 Å². The summed E-state index contributed by atoms with van der Waals surface area (Å²) in [5, 5.41) is 15.1. The van der Waals surface area contributed by atoms with Crippen LogP contribution < -0.4 is 10.6 Å². The highest BCUT2D eigenvalue weighted by atomic mass is 16.5. The fourth-order valence-corrected chi connectivity index (χ4v) is 2.62. The van der Waals surface area contributed by atoms with Crippen molar-refractivity contribution in [3.05, 3.63) is 0 Å². The van der Waals surface area contributed by atoms with Crippen molar-refractivity contribution in [3.63, 3.8) is 0 Å². The fourth-order valence-electron chi connectivity index (χ4n) is 2.62. The third-order valence-electron chi connectivity index (χ3n) is 3.90. The van der Waals surface area contributed by atoms with Gasteiger partial charge in [0.25, 0.3) is 0 Å². The van der Waals surface area contributed by atoms with E-state index in [4.69, 9.17) is 4.74 Å². The first-order valence-corrected chi connectivity index (χ1v) is 7.41. The number of carbonyl (C=O) groups excluding carboxylic acids is 2. The van der Waals surface area contributed by atoms with Crippen LogP contribution in [0.4, 0.5) is 0 Å². The van der Waals surface area contributed by atoms with Gasteiger partial charge in [-0.1, -0.05) is 0 Å². The Morgan fingerprint density at radius 1 is 1.25 bits per heavy atom. The van der Waals surface area contributed by atoms with E-state index < -0.39 is 0 Å². The average molecular weight is 284 g/mol. The molecule has 1 aliphatic heterocycles. The van der Waals surface area contributed by atoms with Crippen LogP contribution in [0.5, 0.6) is 0 Å². The van der Waals surface area contributed by atoms with Crippen LogP contribution in [0, 0.1) is 5.92 Å². The van der Waals surface area contributed by atoms with Crippen LogP contribution in [0.2, 0.25) is 0 Å². The Balaban J connectivity index is 1.69. The molecule has 3 N–H and O–H groups in total. The molecule has 6 heteroatoms. The van der Waals surface area contributed by atoms with Gasteiger partial charge in [0, 0.05) is 19.4 Å². The number of aliphatic hydroxyl groups excluding tert-OH is 1. The van der Waals surface area contributed by atoms with E-state index in [1.165, 1.54) is 6.92 Å². The Labute approximate surface area is 119 Å². The number of hydrogen-bond donors (Lipinski definition) is 3. The first-order chi connectivity index (χ1) is 9.60. The second-order valence-corrected chi connectivity index (χ2v) is 5.72. The Kier molecular flexibility index (Phi) is 5.37. The molecule has 2 rings (SSSR count). The lowest BCUT2D eigenvalue weighted by atomic mass is 9.97. The molecular weight excluding hydrogens is 260 g/mol. The van der Waals surface area contributed by atoms with Gasteiger partial charge in [-0.25, -0.2) is 0 Å². The summed E-state index contributed by atoms with van der Waals surface area (Å²) >= 11 is 0. The van der Waals surface area contributed by atoms with Crippen LogP contribution in [0.1, 0.15) is 39.0 Å². The fraction of sp³-hybridized carbons (Fsp3) is 0.857. The van der Waals surface area contributed by atoms with E-state index >= 15 is 0 Å². The number of aliphatic hydroxyl groups is 1. The summed E-state index contributed by atoms with van der Waals surface area (Å²) in [4.78, 5) is 22.6. The molecular formula is C14H24N2O4. The monoisotopic (exact) mass is 284 g/mol. The van der Waals surface area contributed by atoms with Crippen LogP contribution in [-0.2, 0) is 14.3 Å². The van der Waals surface area contributed by atoms with E-state index in [1.807, 2.05) is 0 Å². The van der Waals surface area contributed by atoms with Gasteiger partial charge in [-0.15, -0.1) is 0 Å². The van der Waals surface area contributed by atoms with E-state index in [1.54, 1.807) is 0 Å². The maximum absolute atomic E-state index is 11.5. The van der Waals surface area contributed by atoms with Crippen LogP contribution in [-0.4, -0.2) is 48.3 Å². The Bertz CT molecular complexity index is 357. The molecule has 1 aliphatic carbocycles. The minimum atomic E-state index is -0.350. The molecule has 0 unspecified atom stereocenters. The maximum atomic E-state index is 11.5. The Hall–Kier alpha value is -1.14. The molecule has 0 aromatic rings. The van der Waals surface area contributed by atoms with Crippen LogP contribution >= 0.6 is 0 Å². The predicted octanol–water partition coefficient (Wildman–Crippen LogP) is -0.0527. The topological polar surface area (TPSA) is 87.7 Å². The predicted molar refractivity (Wildman–Crippen MR) is 72.9 cm³/mol. The number of rotatable bonds is 6. The van der Waals surface area contributed by atoms with E-state index in [0.717, 1.165) is 32.1 Å². The largest absolute Gasteiger partial charge is 0.394 e. The lowest BCUT2D eigenvalue weighted by Crippen LogP contribution is -2.50. The summed E-state index contributed by atoms with van der Waals surface area (Å²) in [6.45, 7) is 1.98. The molecule has 1 heterocycles. The van der Waals surface area contributed by atoms with Crippen molar-refractivity contribution in [3.8, 4) is 0 Å². The molecule has 3 atom stereocenters. The zero-order valence-corrected chi connectivity index (χ0v) is 11.9. The molecule has 0 radical (unpaired) electrons. The highest BCUT2D eigenvalue weighted by molar-refractivity contribution is 5.80. The van der Waals surface area contributed by atoms with Crippen LogP contribution in [0.3, 0.4) is 0 Å². The molecule has 6 nitrogen and oxygen atoms in total. The van der Waals surface area contributed by atoms with Gasteiger partial charge in [0.15, 0.2) is 0 Å². The second-order valence-electron chi connectivity index (χ2n) is 5.72. The van der Waals surface area contributed by atoms with Gasteiger partial charge in [-0.05, 0) is 32.1 Å². The van der Waals surface area contributed by atoms with Crippen molar-refractivity contribution in [2.75, 3.05) is 13.2 Å². The van der Waals surface area contributed by atoms with E-state index in [0.29, 0.717) is 6.54 Å². The minimum Gasteiger partial charge on any atom is -0.394 e. The van der Waals surface area contributed by atoms with Crippen molar-refractivity contribution in [2.45, 2.75) is 57.3 Å². The number of hydrogen-bond acceptors (Lipinski definition) is 4. The smallest absolute Gasteiger partial charge is 0.223 e. The lowest BCUT2D eigenvalue weighted by molar-refractivity contribution is -0.127. The van der Waals surface area contributed by atoms with Gasteiger partial charge in [0.1, 0.15) is 6.10 Å². The van der Waals surface area contributed by atoms with E-state index in [9.17, 15) is 14.7 Å². The van der Waals surface area contributed by atoms with Gasteiger partial charge >= 0.3 is 0 Å². The van der Waals surface area contributed by atoms with E-state index in [-0.39, 0.29) is 42.6 Å². The molecule has 2 fully saturated rings. The quantitative estimate of drug-likeness (QED) is 0.638. The number of nitrogens with one attached hydrogen (secondary N) is 2. The summed E-state index contributed by atoms with van der Waals surface area (Å²) in [5.74, 6) is 0.277. The molecule has 1 saturated carbocycles. The summed E-state index contributed by atoms with van der Waals surface area (Å²) in [7, 11) is 0. The lowest BCUT2D eigenvalue weighted by Gasteiger charge is -2.36. The second kappa shape index (κ2) is 7.04. The molecule has 20 heavy (non-hydrogen) atoms. The summed E-state index contributed by atoms with van der Waals surface area (Å²) in [6, 6.07) is -0.116. The first kappa shape index (κ1) is 15.3. The Morgan fingerprint density at radius 2 is 2.00 bits per heavy atom. The minimum absolute atomic E-state index is 0.0386. The van der Waals surface area contributed by atoms with Crippen molar-refractivity contribution in [2.24, 2.45) is 5.92 Å². The molecule has 2 aliphatic rings. The SMILES string of the molecule is CC(=O)N[C@H]1CC[C@H](CCNC(=O)C2CC2)O[C@@H]1CO. The van der Waals surface area contributed by atoms with Gasteiger partial charge in [-0.2, -0.15) is 0 Å². The van der Waals surface area contributed by atoms with Gasteiger partial charge in [-0.3, -0.25) is 9.59 Å². The summed E-state index contributed by atoms with van der Waals surface area (Å²) in [5.41, 5.74) is 0. The van der Waals surface area contributed by atoms with Crippen molar-refractivity contribution in [1.82, 2.24) is 10.6 Å².